The maximum absolute atomic E-state index is 13.6. The molecule has 0 bridgehead atoms. The van der Waals surface area contributed by atoms with E-state index in [-0.39, 0.29) is 22.4 Å². The molecule has 0 amide bonds. The zero-order valence-corrected chi connectivity index (χ0v) is 16.6. The summed E-state index contributed by atoms with van der Waals surface area (Å²) in [5, 5.41) is 10.4. The lowest BCUT2D eigenvalue weighted by Gasteiger charge is -2.12. The molecule has 0 saturated heterocycles. The number of pyridine rings is 2. The number of nitrogens with zero attached hydrogens (tertiary/aromatic N) is 3. The van der Waals surface area contributed by atoms with E-state index in [9.17, 15) is 9.65 Å². The van der Waals surface area contributed by atoms with Crippen LogP contribution in [-0.4, -0.2) is 9.97 Å². The lowest BCUT2D eigenvalue weighted by atomic mass is 9.98. The molecule has 0 unspecified atom stereocenters. The summed E-state index contributed by atoms with van der Waals surface area (Å²) in [6.07, 6.45) is 0. The number of benzene rings is 2. The van der Waals surface area contributed by atoms with Crippen molar-refractivity contribution in [3.8, 4) is 28.5 Å². The SMILES string of the molecule is N#Cc1c(-c2ccc(Br)cc2)cc(-c2cc3cc(F)ccc3nc2Cl)nc1N. The monoisotopic (exact) mass is 452 g/mol. The van der Waals surface area contributed by atoms with Crippen LogP contribution in [0.25, 0.3) is 33.3 Å². The van der Waals surface area contributed by atoms with E-state index in [0.29, 0.717) is 27.7 Å². The van der Waals surface area contributed by atoms with Crippen LogP contribution in [0, 0.1) is 17.1 Å². The minimum atomic E-state index is -0.370. The van der Waals surface area contributed by atoms with E-state index in [1.807, 2.05) is 24.3 Å². The first-order valence-corrected chi connectivity index (χ1v) is 9.36. The Morgan fingerprint density at radius 1 is 1.00 bits per heavy atom. The Kier molecular flexibility index (Phi) is 4.71. The maximum Gasteiger partial charge on any atom is 0.142 e. The van der Waals surface area contributed by atoms with Crippen molar-refractivity contribution in [3.63, 3.8) is 0 Å². The van der Waals surface area contributed by atoms with Crippen molar-refractivity contribution in [3.05, 3.63) is 75.6 Å². The molecule has 0 aliphatic carbocycles. The number of anilines is 1. The van der Waals surface area contributed by atoms with Crippen molar-refractivity contribution in [2.24, 2.45) is 0 Å². The number of halogens is 3. The summed E-state index contributed by atoms with van der Waals surface area (Å²) in [6, 6.07) is 17.3. The standard InChI is InChI=1S/C21H11BrClFN4/c22-13-3-1-11(2-4-13)15-9-19(28-21(26)17(15)10-25)16-8-12-7-14(24)5-6-18(12)27-20(16)23/h1-9H,(H2,26,28). The fourth-order valence-electron chi connectivity index (χ4n) is 2.98. The molecule has 4 rings (SSSR count). The third-order valence-corrected chi connectivity index (χ3v) is 5.14. The van der Waals surface area contributed by atoms with E-state index in [2.05, 4.69) is 32.0 Å². The van der Waals surface area contributed by atoms with Gasteiger partial charge in [0.25, 0.3) is 0 Å². The predicted octanol–water partition coefficient (Wildman–Crippen LogP) is 5.97. The molecule has 0 aliphatic heterocycles. The number of fused-ring (bicyclic) bond motifs is 1. The molecule has 4 aromatic rings. The molecule has 0 spiro atoms. The maximum atomic E-state index is 13.6. The summed E-state index contributed by atoms with van der Waals surface area (Å²) in [4.78, 5) is 8.66. The van der Waals surface area contributed by atoms with Crippen molar-refractivity contribution < 1.29 is 4.39 Å². The molecule has 28 heavy (non-hydrogen) atoms. The fourth-order valence-corrected chi connectivity index (χ4v) is 3.49. The van der Waals surface area contributed by atoms with Gasteiger partial charge in [0.2, 0.25) is 0 Å². The molecule has 2 N–H and O–H groups in total. The Morgan fingerprint density at radius 2 is 1.75 bits per heavy atom. The summed E-state index contributed by atoms with van der Waals surface area (Å²) in [7, 11) is 0. The highest BCUT2D eigenvalue weighted by atomic mass is 79.9. The molecular weight excluding hydrogens is 443 g/mol. The topological polar surface area (TPSA) is 75.6 Å². The van der Waals surface area contributed by atoms with Gasteiger partial charge < -0.3 is 5.73 Å². The Balaban J connectivity index is 1.96. The highest BCUT2D eigenvalue weighted by Gasteiger charge is 2.16. The van der Waals surface area contributed by atoms with E-state index in [0.717, 1.165) is 10.0 Å². The van der Waals surface area contributed by atoms with Crippen molar-refractivity contribution in [2.75, 3.05) is 5.73 Å². The van der Waals surface area contributed by atoms with Gasteiger partial charge in [-0.3, -0.25) is 0 Å². The van der Waals surface area contributed by atoms with Crippen molar-refractivity contribution >= 4 is 44.3 Å². The van der Waals surface area contributed by atoms with Gasteiger partial charge in [0.1, 0.15) is 28.4 Å². The minimum Gasteiger partial charge on any atom is -0.383 e. The van der Waals surface area contributed by atoms with Crippen LogP contribution in [0.5, 0.6) is 0 Å². The van der Waals surface area contributed by atoms with Gasteiger partial charge >= 0.3 is 0 Å². The summed E-state index contributed by atoms with van der Waals surface area (Å²) in [6.45, 7) is 0. The van der Waals surface area contributed by atoms with Crippen LogP contribution in [0.3, 0.4) is 0 Å². The number of hydrogen-bond acceptors (Lipinski definition) is 4. The molecule has 2 aromatic carbocycles. The molecule has 136 valence electrons. The molecule has 0 radical (unpaired) electrons. The van der Waals surface area contributed by atoms with Gasteiger partial charge in [0.05, 0.1) is 11.2 Å². The number of nitrogens with two attached hydrogens (primary N) is 1. The van der Waals surface area contributed by atoms with Gasteiger partial charge in [0, 0.05) is 21.0 Å². The van der Waals surface area contributed by atoms with Crippen LogP contribution in [0.2, 0.25) is 5.15 Å². The molecule has 0 fully saturated rings. The summed E-state index contributed by atoms with van der Waals surface area (Å²) in [5.41, 5.74) is 9.32. The number of hydrogen-bond donors (Lipinski definition) is 1. The van der Waals surface area contributed by atoms with Crippen molar-refractivity contribution in [1.29, 1.82) is 5.26 Å². The number of aromatic nitrogens is 2. The summed E-state index contributed by atoms with van der Waals surface area (Å²) in [5.74, 6) is -0.279. The fraction of sp³-hybridized carbons (Fsp3) is 0. The van der Waals surface area contributed by atoms with Crippen molar-refractivity contribution in [1.82, 2.24) is 9.97 Å². The highest BCUT2D eigenvalue weighted by Crippen LogP contribution is 2.35. The second-order valence-electron chi connectivity index (χ2n) is 6.10. The first-order chi connectivity index (χ1) is 13.5. The zero-order chi connectivity index (χ0) is 19.8. The lowest BCUT2D eigenvalue weighted by molar-refractivity contribution is 0.629. The van der Waals surface area contributed by atoms with Gasteiger partial charge in [-0.2, -0.15) is 5.26 Å². The Bertz CT molecular complexity index is 1270. The Labute approximate surface area is 173 Å². The van der Waals surface area contributed by atoms with Crippen LogP contribution in [-0.2, 0) is 0 Å². The van der Waals surface area contributed by atoms with Gasteiger partial charge in [0.15, 0.2) is 0 Å². The van der Waals surface area contributed by atoms with Gasteiger partial charge in [-0.05, 0) is 48.0 Å². The average Bonchev–Trinajstić information content (AvgIpc) is 2.68. The van der Waals surface area contributed by atoms with Crippen LogP contribution in [0.1, 0.15) is 5.56 Å². The number of nitrogen functional groups attached to an aromatic ring is 1. The highest BCUT2D eigenvalue weighted by molar-refractivity contribution is 9.10. The van der Waals surface area contributed by atoms with Crippen LogP contribution in [0.15, 0.2) is 59.1 Å². The normalized spacial score (nSPS) is 10.8. The van der Waals surface area contributed by atoms with Crippen LogP contribution < -0.4 is 5.73 Å². The molecule has 7 heteroatoms. The van der Waals surface area contributed by atoms with Crippen LogP contribution in [0.4, 0.5) is 10.2 Å². The number of rotatable bonds is 2. The Morgan fingerprint density at radius 3 is 2.46 bits per heavy atom. The molecule has 0 atom stereocenters. The van der Waals surface area contributed by atoms with Gasteiger partial charge in [-0.1, -0.05) is 39.7 Å². The van der Waals surface area contributed by atoms with Gasteiger partial charge in [-0.25, -0.2) is 14.4 Å². The molecular formula is C21H11BrClFN4. The third-order valence-electron chi connectivity index (χ3n) is 4.32. The van der Waals surface area contributed by atoms with E-state index in [1.54, 1.807) is 18.2 Å². The summed E-state index contributed by atoms with van der Waals surface area (Å²) >= 11 is 9.76. The minimum absolute atomic E-state index is 0.0910. The zero-order valence-electron chi connectivity index (χ0n) is 14.2. The van der Waals surface area contributed by atoms with E-state index >= 15 is 0 Å². The van der Waals surface area contributed by atoms with Crippen molar-refractivity contribution in [2.45, 2.75) is 0 Å². The van der Waals surface area contributed by atoms with E-state index < -0.39 is 0 Å². The first-order valence-electron chi connectivity index (χ1n) is 8.19. The van der Waals surface area contributed by atoms with Crippen LogP contribution >= 0.6 is 27.5 Å². The largest absolute Gasteiger partial charge is 0.383 e. The van der Waals surface area contributed by atoms with Gasteiger partial charge in [-0.15, -0.1) is 0 Å². The second-order valence-corrected chi connectivity index (χ2v) is 7.37. The van der Waals surface area contributed by atoms with E-state index in [1.165, 1.54) is 12.1 Å². The quantitative estimate of drug-likeness (QED) is 0.379. The number of nitriles is 1. The third kappa shape index (κ3) is 3.31. The molecule has 0 saturated carbocycles. The molecule has 2 heterocycles. The van der Waals surface area contributed by atoms with E-state index in [4.69, 9.17) is 17.3 Å². The second kappa shape index (κ2) is 7.19. The molecule has 4 nitrogen and oxygen atoms in total. The molecule has 2 aromatic heterocycles. The summed E-state index contributed by atoms with van der Waals surface area (Å²) < 4.78 is 14.5. The predicted molar refractivity (Wildman–Crippen MR) is 112 cm³/mol. The molecule has 0 aliphatic rings. The Hall–Kier alpha value is -3.01. The average molecular weight is 454 g/mol. The smallest absolute Gasteiger partial charge is 0.142 e. The first kappa shape index (κ1) is 18.4. The lowest BCUT2D eigenvalue weighted by Crippen LogP contribution is -2.00.